The quantitative estimate of drug-likeness (QED) is 0.597. The van der Waals surface area contributed by atoms with E-state index in [4.69, 9.17) is 4.52 Å². The van der Waals surface area contributed by atoms with Crippen molar-refractivity contribution in [1.29, 1.82) is 0 Å². The van der Waals surface area contributed by atoms with Crippen LogP contribution >= 0.6 is 11.3 Å². The maximum atomic E-state index is 13.2. The highest BCUT2D eigenvalue weighted by Gasteiger charge is 2.14. The summed E-state index contributed by atoms with van der Waals surface area (Å²) in [6.45, 7) is 2.01. The van der Waals surface area contributed by atoms with Gasteiger partial charge in [0.2, 0.25) is 5.82 Å². The first kappa shape index (κ1) is 12.3. The Bertz CT molecular complexity index is 937. The molecule has 0 aliphatic heterocycles. The zero-order valence-electron chi connectivity index (χ0n) is 11.1. The molecule has 0 spiro atoms. The topological polar surface area (TPSA) is 54.7 Å². The monoisotopic (exact) mass is 299 g/mol. The van der Waals surface area contributed by atoms with Crippen molar-refractivity contribution >= 4 is 22.2 Å². The van der Waals surface area contributed by atoms with Gasteiger partial charge in [0.25, 0.3) is 5.89 Å². The number of halogens is 1. The highest BCUT2D eigenvalue weighted by atomic mass is 32.1. The zero-order valence-corrected chi connectivity index (χ0v) is 11.9. The standard InChI is InChI=1S/C15H10FN3OS/c1-8-6-21-7-11(8)14-18-15(20-19-14)13-5-9-4-10(16)2-3-12(9)17-13/h2-7,17H,1H3. The summed E-state index contributed by atoms with van der Waals surface area (Å²) in [6.07, 6.45) is 0. The maximum absolute atomic E-state index is 13.2. The lowest BCUT2D eigenvalue weighted by Crippen LogP contribution is -1.81. The van der Waals surface area contributed by atoms with Gasteiger partial charge in [-0.15, -0.1) is 0 Å². The molecule has 0 aliphatic carbocycles. The number of aromatic amines is 1. The lowest BCUT2D eigenvalue weighted by Gasteiger charge is -1.89. The first-order valence-electron chi connectivity index (χ1n) is 6.36. The molecule has 0 amide bonds. The summed E-state index contributed by atoms with van der Waals surface area (Å²) >= 11 is 1.60. The molecule has 21 heavy (non-hydrogen) atoms. The number of rotatable bonds is 2. The fourth-order valence-corrected chi connectivity index (χ4v) is 3.08. The van der Waals surface area contributed by atoms with Crippen molar-refractivity contribution in [1.82, 2.24) is 15.1 Å². The molecule has 0 saturated carbocycles. The van der Waals surface area contributed by atoms with E-state index >= 15 is 0 Å². The van der Waals surface area contributed by atoms with E-state index in [0.29, 0.717) is 17.4 Å². The summed E-state index contributed by atoms with van der Waals surface area (Å²) in [7, 11) is 0. The Kier molecular flexibility index (Phi) is 2.65. The predicted molar refractivity (Wildman–Crippen MR) is 79.6 cm³/mol. The van der Waals surface area contributed by atoms with Crippen molar-refractivity contribution in [3.8, 4) is 23.0 Å². The summed E-state index contributed by atoms with van der Waals surface area (Å²) < 4.78 is 18.5. The summed E-state index contributed by atoms with van der Waals surface area (Å²) in [5, 5.41) is 8.81. The van der Waals surface area contributed by atoms with E-state index in [-0.39, 0.29) is 5.82 Å². The zero-order chi connectivity index (χ0) is 14.4. The second-order valence-corrected chi connectivity index (χ2v) is 5.55. The summed E-state index contributed by atoms with van der Waals surface area (Å²) in [5.74, 6) is 0.689. The Labute approximate surface area is 123 Å². The average Bonchev–Trinajstić information content (AvgIpc) is 3.15. The van der Waals surface area contributed by atoms with Crippen LogP contribution in [0.1, 0.15) is 5.56 Å². The Morgan fingerprint density at radius 1 is 1.24 bits per heavy atom. The van der Waals surface area contributed by atoms with Crippen molar-refractivity contribution in [3.63, 3.8) is 0 Å². The van der Waals surface area contributed by atoms with Gasteiger partial charge in [-0.3, -0.25) is 0 Å². The fourth-order valence-electron chi connectivity index (χ4n) is 2.25. The van der Waals surface area contributed by atoms with Gasteiger partial charge in [0.05, 0.1) is 0 Å². The molecular weight excluding hydrogens is 289 g/mol. The minimum absolute atomic E-state index is 0.270. The van der Waals surface area contributed by atoms with Gasteiger partial charge < -0.3 is 9.51 Å². The third-order valence-electron chi connectivity index (χ3n) is 3.34. The van der Waals surface area contributed by atoms with Crippen molar-refractivity contribution in [2.75, 3.05) is 0 Å². The first-order chi connectivity index (χ1) is 10.2. The largest absolute Gasteiger partial charge is 0.351 e. The minimum atomic E-state index is -0.270. The molecule has 104 valence electrons. The predicted octanol–water partition coefficient (Wildman–Crippen LogP) is 4.39. The van der Waals surface area contributed by atoms with E-state index in [1.54, 1.807) is 23.5 Å². The number of thiophene rings is 1. The lowest BCUT2D eigenvalue weighted by molar-refractivity contribution is 0.431. The number of hydrogen-bond donors (Lipinski definition) is 1. The number of nitrogens with zero attached hydrogens (tertiary/aromatic N) is 2. The van der Waals surface area contributed by atoms with Gasteiger partial charge in [-0.2, -0.15) is 16.3 Å². The molecule has 4 nitrogen and oxygen atoms in total. The van der Waals surface area contributed by atoms with Gasteiger partial charge >= 0.3 is 0 Å². The van der Waals surface area contributed by atoms with E-state index in [1.165, 1.54) is 12.1 Å². The fraction of sp³-hybridized carbons (Fsp3) is 0.0667. The van der Waals surface area contributed by atoms with Crippen molar-refractivity contribution in [2.45, 2.75) is 6.92 Å². The van der Waals surface area contributed by atoms with Crippen LogP contribution in [0.2, 0.25) is 0 Å². The molecular formula is C15H10FN3OS. The van der Waals surface area contributed by atoms with Crippen LogP contribution in [0.25, 0.3) is 33.9 Å². The molecule has 0 fully saturated rings. The number of nitrogens with one attached hydrogen (secondary N) is 1. The van der Waals surface area contributed by atoms with E-state index in [9.17, 15) is 4.39 Å². The first-order valence-corrected chi connectivity index (χ1v) is 7.30. The van der Waals surface area contributed by atoms with Crippen LogP contribution in [0.5, 0.6) is 0 Å². The molecule has 1 N–H and O–H groups in total. The molecule has 3 heterocycles. The van der Waals surface area contributed by atoms with Gasteiger partial charge in [-0.1, -0.05) is 5.16 Å². The van der Waals surface area contributed by atoms with E-state index in [1.807, 2.05) is 17.7 Å². The molecule has 0 bridgehead atoms. The highest BCUT2D eigenvalue weighted by molar-refractivity contribution is 7.08. The van der Waals surface area contributed by atoms with Gasteiger partial charge in [0.1, 0.15) is 11.5 Å². The van der Waals surface area contributed by atoms with Gasteiger partial charge in [0.15, 0.2) is 0 Å². The van der Waals surface area contributed by atoms with Crippen molar-refractivity contribution < 1.29 is 8.91 Å². The van der Waals surface area contributed by atoms with Crippen LogP contribution in [-0.4, -0.2) is 15.1 Å². The van der Waals surface area contributed by atoms with Crippen LogP contribution in [0.3, 0.4) is 0 Å². The number of aromatic nitrogens is 3. The molecule has 0 unspecified atom stereocenters. The van der Waals surface area contributed by atoms with Crippen LogP contribution in [-0.2, 0) is 0 Å². The Balaban J connectivity index is 1.79. The van der Waals surface area contributed by atoms with Gasteiger partial charge in [-0.05, 0) is 42.1 Å². The summed E-state index contributed by atoms with van der Waals surface area (Å²) in [6, 6.07) is 6.37. The molecule has 1 aromatic carbocycles. The number of aryl methyl sites for hydroxylation is 1. The van der Waals surface area contributed by atoms with Crippen LogP contribution in [0, 0.1) is 12.7 Å². The number of benzene rings is 1. The number of H-pyrrole nitrogens is 1. The lowest BCUT2D eigenvalue weighted by atomic mass is 10.2. The third kappa shape index (κ3) is 2.04. The highest BCUT2D eigenvalue weighted by Crippen LogP contribution is 2.28. The SMILES string of the molecule is Cc1cscc1-c1noc(-c2cc3cc(F)ccc3[nH]2)n1. The molecule has 3 aromatic heterocycles. The normalized spacial score (nSPS) is 11.3. The summed E-state index contributed by atoms with van der Waals surface area (Å²) in [5.41, 5.74) is 3.60. The second-order valence-electron chi connectivity index (χ2n) is 4.81. The molecule has 0 aliphatic rings. The second kappa shape index (κ2) is 4.53. The smallest absolute Gasteiger partial charge is 0.274 e. The van der Waals surface area contributed by atoms with Gasteiger partial charge in [0, 0.05) is 21.8 Å². The maximum Gasteiger partial charge on any atom is 0.274 e. The van der Waals surface area contributed by atoms with E-state index in [2.05, 4.69) is 15.1 Å². The van der Waals surface area contributed by atoms with Crippen LogP contribution in [0.4, 0.5) is 4.39 Å². The molecule has 0 saturated heterocycles. The molecule has 0 radical (unpaired) electrons. The molecule has 4 aromatic rings. The van der Waals surface area contributed by atoms with Crippen molar-refractivity contribution in [2.24, 2.45) is 0 Å². The van der Waals surface area contributed by atoms with E-state index < -0.39 is 0 Å². The van der Waals surface area contributed by atoms with Gasteiger partial charge in [-0.25, -0.2) is 4.39 Å². The number of hydrogen-bond acceptors (Lipinski definition) is 4. The van der Waals surface area contributed by atoms with Crippen molar-refractivity contribution in [3.05, 3.63) is 46.4 Å². The Hall–Kier alpha value is -2.47. The summed E-state index contributed by atoms with van der Waals surface area (Å²) in [4.78, 5) is 7.56. The van der Waals surface area contributed by atoms with E-state index in [0.717, 1.165) is 22.0 Å². The molecule has 0 atom stereocenters. The molecule has 6 heteroatoms. The van der Waals surface area contributed by atoms with Crippen LogP contribution in [0.15, 0.2) is 39.5 Å². The minimum Gasteiger partial charge on any atom is -0.351 e. The van der Waals surface area contributed by atoms with Crippen LogP contribution < -0.4 is 0 Å². The third-order valence-corrected chi connectivity index (χ3v) is 4.20. The molecule has 4 rings (SSSR count). The number of fused-ring (bicyclic) bond motifs is 1. The Morgan fingerprint density at radius 2 is 2.14 bits per heavy atom. The Morgan fingerprint density at radius 3 is 2.95 bits per heavy atom. The average molecular weight is 299 g/mol.